The van der Waals surface area contributed by atoms with Gasteiger partial charge in [-0.2, -0.15) is 0 Å². The van der Waals surface area contributed by atoms with Gasteiger partial charge in [0.2, 0.25) is 0 Å². The van der Waals surface area contributed by atoms with E-state index in [1.165, 1.54) is 0 Å². The van der Waals surface area contributed by atoms with Crippen LogP contribution in [-0.2, 0) is 9.47 Å². The van der Waals surface area contributed by atoms with Crippen molar-refractivity contribution in [2.24, 2.45) is 5.41 Å². The topological polar surface area (TPSA) is 50.7 Å². The zero-order chi connectivity index (χ0) is 13.1. The molecule has 0 atom stereocenters. The first-order valence-corrected chi connectivity index (χ1v) is 6.60. The second-order valence-electron chi connectivity index (χ2n) is 4.96. The molecule has 0 rings (SSSR count). The molecule has 0 spiro atoms. The minimum Gasteiger partial charge on any atom is -0.396 e. The Morgan fingerprint density at radius 3 is 2.24 bits per heavy atom. The highest BCUT2D eigenvalue weighted by molar-refractivity contribution is 4.71. The lowest BCUT2D eigenvalue weighted by Crippen LogP contribution is -2.37. The molecule has 0 unspecified atom stereocenters. The van der Waals surface area contributed by atoms with E-state index in [-0.39, 0.29) is 18.3 Å². The zero-order valence-electron chi connectivity index (χ0n) is 11.8. The van der Waals surface area contributed by atoms with Crippen molar-refractivity contribution in [2.75, 3.05) is 32.9 Å². The molecule has 0 aliphatic heterocycles. The first kappa shape index (κ1) is 16.8. The molecule has 0 aromatic heterocycles. The van der Waals surface area contributed by atoms with Gasteiger partial charge in [-0.15, -0.1) is 0 Å². The molecule has 0 saturated heterocycles. The molecule has 0 saturated carbocycles. The Morgan fingerprint density at radius 1 is 1.18 bits per heavy atom. The van der Waals surface area contributed by atoms with Crippen molar-refractivity contribution in [1.29, 1.82) is 0 Å². The maximum absolute atomic E-state index is 8.82. The smallest absolute Gasteiger partial charge is 0.169 e. The summed E-state index contributed by atoms with van der Waals surface area (Å²) in [6.07, 6.45) is 1.72. The minimum absolute atomic E-state index is 0.154. The Bertz CT molecular complexity index is 168. The van der Waals surface area contributed by atoms with Crippen LogP contribution in [0.4, 0.5) is 0 Å². The van der Waals surface area contributed by atoms with Crippen LogP contribution in [0.25, 0.3) is 0 Å². The van der Waals surface area contributed by atoms with Crippen LogP contribution in [0.15, 0.2) is 0 Å². The fourth-order valence-electron chi connectivity index (χ4n) is 1.71. The van der Waals surface area contributed by atoms with Crippen molar-refractivity contribution < 1.29 is 14.6 Å². The van der Waals surface area contributed by atoms with E-state index < -0.39 is 0 Å². The first-order valence-electron chi connectivity index (χ1n) is 6.60. The number of aliphatic hydroxyl groups is 1. The van der Waals surface area contributed by atoms with Crippen LogP contribution in [0.2, 0.25) is 0 Å². The molecular formula is C13H29NO3. The van der Waals surface area contributed by atoms with Crippen molar-refractivity contribution in [3.05, 3.63) is 0 Å². The van der Waals surface area contributed by atoms with Crippen LogP contribution in [0, 0.1) is 5.41 Å². The monoisotopic (exact) mass is 247 g/mol. The van der Waals surface area contributed by atoms with Crippen LogP contribution in [0.5, 0.6) is 0 Å². The fraction of sp³-hybridized carbons (Fsp3) is 1.00. The van der Waals surface area contributed by atoms with Gasteiger partial charge in [0.1, 0.15) is 0 Å². The van der Waals surface area contributed by atoms with Crippen LogP contribution >= 0.6 is 0 Å². The maximum Gasteiger partial charge on any atom is 0.169 e. The summed E-state index contributed by atoms with van der Waals surface area (Å²) in [4.78, 5) is 0. The molecule has 4 heteroatoms. The molecule has 4 nitrogen and oxygen atoms in total. The number of hydrogen-bond donors (Lipinski definition) is 2. The second kappa shape index (κ2) is 9.83. The van der Waals surface area contributed by atoms with E-state index in [1.807, 2.05) is 13.8 Å². The lowest BCUT2D eigenvalue weighted by atomic mass is 9.88. The highest BCUT2D eigenvalue weighted by Gasteiger charge is 2.17. The SMILES string of the molecule is CCOC(CNCC(C)(C)CCCO)OCC. The molecule has 104 valence electrons. The molecule has 0 fully saturated rings. The summed E-state index contributed by atoms with van der Waals surface area (Å²) in [5, 5.41) is 12.2. The molecule has 0 aromatic carbocycles. The van der Waals surface area contributed by atoms with Crippen LogP contribution in [0.3, 0.4) is 0 Å². The summed E-state index contributed by atoms with van der Waals surface area (Å²) in [5.74, 6) is 0. The van der Waals surface area contributed by atoms with Gasteiger partial charge in [0.15, 0.2) is 6.29 Å². The van der Waals surface area contributed by atoms with Gasteiger partial charge in [0, 0.05) is 32.9 Å². The highest BCUT2D eigenvalue weighted by Crippen LogP contribution is 2.20. The lowest BCUT2D eigenvalue weighted by molar-refractivity contribution is -0.133. The summed E-state index contributed by atoms with van der Waals surface area (Å²) in [6.45, 7) is 11.6. The third-order valence-corrected chi connectivity index (χ3v) is 2.63. The van der Waals surface area contributed by atoms with Gasteiger partial charge in [-0.05, 0) is 32.1 Å². The van der Waals surface area contributed by atoms with Crippen molar-refractivity contribution in [3.8, 4) is 0 Å². The predicted molar refractivity (Wildman–Crippen MR) is 70.0 cm³/mol. The fourth-order valence-corrected chi connectivity index (χ4v) is 1.71. The van der Waals surface area contributed by atoms with Gasteiger partial charge in [0.25, 0.3) is 0 Å². The Morgan fingerprint density at radius 2 is 1.76 bits per heavy atom. The van der Waals surface area contributed by atoms with Gasteiger partial charge < -0.3 is 19.9 Å². The molecule has 0 bridgehead atoms. The number of nitrogens with one attached hydrogen (secondary N) is 1. The summed E-state index contributed by atoms with van der Waals surface area (Å²) < 4.78 is 10.9. The van der Waals surface area contributed by atoms with Crippen LogP contribution in [0.1, 0.15) is 40.5 Å². The van der Waals surface area contributed by atoms with E-state index >= 15 is 0 Å². The van der Waals surface area contributed by atoms with Gasteiger partial charge in [-0.3, -0.25) is 0 Å². The van der Waals surface area contributed by atoms with E-state index in [0.717, 1.165) is 19.4 Å². The predicted octanol–water partition coefficient (Wildman–Crippen LogP) is 1.77. The molecule has 17 heavy (non-hydrogen) atoms. The summed E-state index contributed by atoms with van der Waals surface area (Å²) >= 11 is 0. The molecule has 2 N–H and O–H groups in total. The van der Waals surface area contributed by atoms with Gasteiger partial charge in [-0.1, -0.05) is 13.8 Å². The van der Waals surface area contributed by atoms with Crippen LogP contribution in [-0.4, -0.2) is 44.3 Å². The number of ether oxygens (including phenoxy) is 2. The quantitative estimate of drug-likeness (QED) is 0.546. The summed E-state index contributed by atoms with van der Waals surface area (Å²) in [6, 6.07) is 0. The first-order chi connectivity index (χ1) is 8.05. The van der Waals surface area contributed by atoms with Crippen molar-refractivity contribution in [1.82, 2.24) is 5.32 Å². The molecule has 0 radical (unpaired) electrons. The molecule has 0 amide bonds. The van der Waals surface area contributed by atoms with Crippen molar-refractivity contribution in [2.45, 2.75) is 46.8 Å². The Labute approximate surface area is 106 Å². The van der Waals surface area contributed by atoms with E-state index in [4.69, 9.17) is 14.6 Å². The summed E-state index contributed by atoms with van der Waals surface area (Å²) in [5.41, 5.74) is 0.200. The third kappa shape index (κ3) is 9.53. The lowest BCUT2D eigenvalue weighted by Gasteiger charge is -2.26. The highest BCUT2D eigenvalue weighted by atomic mass is 16.7. The molecule has 0 aliphatic rings. The van der Waals surface area contributed by atoms with Gasteiger partial charge >= 0.3 is 0 Å². The molecule has 0 heterocycles. The molecular weight excluding hydrogens is 218 g/mol. The van der Waals surface area contributed by atoms with Crippen molar-refractivity contribution in [3.63, 3.8) is 0 Å². The third-order valence-electron chi connectivity index (χ3n) is 2.63. The Balaban J connectivity index is 3.77. The van der Waals surface area contributed by atoms with Crippen molar-refractivity contribution >= 4 is 0 Å². The van der Waals surface area contributed by atoms with E-state index in [0.29, 0.717) is 19.8 Å². The average molecular weight is 247 g/mol. The van der Waals surface area contributed by atoms with Gasteiger partial charge in [0.05, 0.1) is 0 Å². The summed E-state index contributed by atoms with van der Waals surface area (Å²) in [7, 11) is 0. The normalized spacial score (nSPS) is 12.4. The van der Waals surface area contributed by atoms with E-state index in [9.17, 15) is 0 Å². The number of rotatable bonds is 11. The average Bonchev–Trinajstić information content (AvgIpc) is 2.27. The minimum atomic E-state index is -0.154. The number of aliphatic hydroxyl groups excluding tert-OH is 1. The second-order valence-corrected chi connectivity index (χ2v) is 4.96. The van der Waals surface area contributed by atoms with E-state index in [2.05, 4.69) is 19.2 Å². The maximum atomic E-state index is 8.82. The Hall–Kier alpha value is -0.160. The van der Waals surface area contributed by atoms with Crippen LogP contribution < -0.4 is 5.32 Å². The zero-order valence-corrected chi connectivity index (χ0v) is 11.8. The standard InChI is InChI=1S/C13H29NO3/c1-5-16-12(17-6-2)10-14-11-13(3,4)8-7-9-15/h12,14-15H,5-11H2,1-4H3. The van der Waals surface area contributed by atoms with E-state index in [1.54, 1.807) is 0 Å². The van der Waals surface area contributed by atoms with Gasteiger partial charge in [-0.25, -0.2) is 0 Å². The Kier molecular flexibility index (Phi) is 9.74. The molecule has 0 aliphatic carbocycles. The largest absolute Gasteiger partial charge is 0.396 e. The molecule has 0 aromatic rings. The number of hydrogen-bond acceptors (Lipinski definition) is 4.